The molecule has 1 aliphatic heterocycles. The number of benzene rings is 2. The van der Waals surface area contributed by atoms with Crippen LogP contribution in [0.2, 0.25) is 0 Å². The van der Waals surface area contributed by atoms with Crippen molar-refractivity contribution in [3.05, 3.63) is 60.0 Å². The molecular formula is C25H30N4O2. The summed E-state index contributed by atoms with van der Waals surface area (Å²) in [6.45, 7) is 8.80. The van der Waals surface area contributed by atoms with Gasteiger partial charge in [0.15, 0.2) is 0 Å². The van der Waals surface area contributed by atoms with Crippen molar-refractivity contribution in [2.24, 2.45) is 5.92 Å². The fraction of sp³-hybridized carbons (Fsp3) is 0.400. The first-order valence-electron chi connectivity index (χ1n) is 11.1. The zero-order valence-corrected chi connectivity index (χ0v) is 18.5. The lowest BCUT2D eigenvalue weighted by atomic mass is 10.0. The minimum absolute atomic E-state index is 0.0661. The van der Waals surface area contributed by atoms with Crippen molar-refractivity contribution in [2.75, 3.05) is 23.3 Å². The first kappa shape index (κ1) is 21.1. The van der Waals surface area contributed by atoms with Crippen LogP contribution < -0.4 is 10.2 Å². The van der Waals surface area contributed by atoms with Crippen LogP contribution in [0, 0.1) is 5.92 Å². The predicted molar refractivity (Wildman–Crippen MR) is 123 cm³/mol. The quantitative estimate of drug-likeness (QED) is 0.565. The second-order valence-corrected chi connectivity index (χ2v) is 8.72. The molecule has 162 valence electrons. The van der Waals surface area contributed by atoms with Crippen LogP contribution in [-0.2, 0) is 11.2 Å². The molecule has 0 bridgehead atoms. The highest BCUT2D eigenvalue weighted by atomic mass is 16.5. The molecule has 6 heteroatoms. The largest absolute Gasteiger partial charge is 0.371 e. The van der Waals surface area contributed by atoms with E-state index in [2.05, 4.69) is 65.4 Å². The Labute approximate surface area is 183 Å². The van der Waals surface area contributed by atoms with E-state index in [4.69, 9.17) is 4.52 Å². The van der Waals surface area contributed by atoms with Crippen LogP contribution in [0.5, 0.6) is 0 Å². The van der Waals surface area contributed by atoms with Gasteiger partial charge in [0.1, 0.15) is 0 Å². The smallest absolute Gasteiger partial charge is 0.227 e. The summed E-state index contributed by atoms with van der Waals surface area (Å²) in [6, 6.07) is 16.2. The number of hydrogen-bond donors (Lipinski definition) is 1. The van der Waals surface area contributed by atoms with Crippen molar-refractivity contribution in [1.29, 1.82) is 0 Å². The SMILES string of the molecule is CC1CCN(c2ccc(NC(=O)CCc3nc(-c4ccc(C(C)C)cc4)no3)cc2)C1. The van der Waals surface area contributed by atoms with E-state index in [1.165, 1.54) is 17.7 Å². The maximum atomic E-state index is 12.3. The lowest BCUT2D eigenvalue weighted by Gasteiger charge is -2.18. The maximum absolute atomic E-state index is 12.3. The van der Waals surface area contributed by atoms with Crippen LogP contribution >= 0.6 is 0 Å². The molecule has 4 rings (SSSR count). The van der Waals surface area contributed by atoms with Gasteiger partial charge in [0.25, 0.3) is 0 Å². The Hall–Kier alpha value is -3.15. The minimum atomic E-state index is -0.0661. The number of carbonyl (C=O) groups excluding carboxylic acids is 1. The zero-order valence-electron chi connectivity index (χ0n) is 18.5. The minimum Gasteiger partial charge on any atom is -0.371 e. The van der Waals surface area contributed by atoms with E-state index in [1.54, 1.807) is 0 Å². The van der Waals surface area contributed by atoms with Gasteiger partial charge in [0, 0.05) is 42.9 Å². The number of carbonyl (C=O) groups is 1. The average Bonchev–Trinajstić information content (AvgIpc) is 3.42. The molecule has 1 aliphatic rings. The van der Waals surface area contributed by atoms with Crippen LogP contribution in [0.4, 0.5) is 11.4 Å². The highest BCUT2D eigenvalue weighted by Gasteiger charge is 2.18. The van der Waals surface area contributed by atoms with E-state index in [1.807, 2.05) is 24.3 Å². The molecule has 1 atom stereocenters. The Kier molecular flexibility index (Phi) is 6.35. The Bertz CT molecular complexity index is 1010. The number of nitrogens with zero attached hydrogens (tertiary/aromatic N) is 3. The second kappa shape index (κ2) is 9.33. The van der Waals surface area contributed by atoms with Crippen molar-refractivity contribution in [3.63, 3.8) is 0 Å². The van der Waals surface area contributed by atoms with Gasteiger partial charge in [-0.25, -0.2) is 0 Å². The van der Waals surface area contributed by atoms with Crippen LogP contribution in [0.3, 0.4) is 0 Å². The fourth-order valence-electron chi connectivity index (χ4n) is 3.86. The van der Waals surface area contributed by atoms with E-state index in [0.717, 1.165) is 30.3 Å². The monoisotopic (exact) mass is 418 g/mol. The lowest BCUT2D eigenvalue weighted by Crippen LogP contribution is -2.19. The van der Waals surface area contributed by atoms with E-state index >= 15 is 0 Å². The van der Waals surface area contributed by atoms with Crippen LogP contribution in [0.25, 0.3) is 11.4 Å². The Morgan fingerprint density at radius 2 is 1.90 bits per heavy atom. The molecule has 1 fully saturated rings. The first-order chi connectivity index (χ1) is 15.0. The molecule has 0 spiro atoms. The molecule has 1 amide bonds. The third-order valence-corrected chi connectivity index (χ3v) is 5.81. The van der Waals surface area contributed by atoms with E-state index in [0.29, 0.717) is 30.5 Å². The number of aryl methyl sites for hydroxylation is 1. The molecule has 0 aliphatic carbocycles. The topological polar surface area (TPSA) is 71.3 Å². The highest BCUT2D eigenvalue weighted by molar-refractivity contribution is 5.91. The molecule has 2 heterocycles. The fourth-order valence-corrected chi connectivity index (χ4v) is 3.86. The highest BCUT2D eigenvalue weighted by Crippen LogP contribution is 2.25. The van der Waals surface area contributed by atoms with Crippen molar-refractivity contribution >= 4 is 17.3 Å². The first-order valence-corrected chi connectivity index (χ1v) is 11.1. The lowest BCUT2D eigenvalue weighted by molar-refractivity contribution is -0.116. The molecular weight excluding hydrogens is 388 g/mol. The third-order valence-electron chi connectivity index (χ3n) is 5.81. The Balaban J connectivity index is 1.28. The summed E-state index contributed by atoms with van der Waals surface area (Å²) in [7, 11) is 0. The molecule has 0 radical (unpaired) electrons. The summed E-state index contributed by atoms with van der Waals surface area (Å²) in [5.41, 5.74) is 4.20. The third kappa shape index (κ3) is 5.32. The predicted octanol–water partition coefficient (Wildman–Crippen LogP) is 5.28. The van der Waals surface area contributed by atoms with Crippen molar-refractivity contribution in [1.82, 2.24) is 10.1 Å². The summed E-state index contributed by atoms with van der Waals surface area (Å²) in [5.74, 6) is 2.18. The molecule has 6 nitrogen and oxygen atoms in total. The molecule has 3 aromatic rings. The maximum Gasteiger partial charge on any atom is 0.227 e. The number of rotatable bonds is 7. The molecule has 1 aromatic heterocycles. The molecule has 31 heavy (non-hydrogen) atoms. The van der Waals surface area contributed by atoms with E-state index in [-0.39, 0.29) is 5.91 Å². The molecule has 1 unspecified atom stereocenters. The number of anilines is 2. The van der Waals surface area contributed by atoms with Gasteiger partial charge < -0.3 is 14.7 Å². The summed E-state index contributed by atoms with van der Waals surface area (Å²) in [6.07, 6.45) is 1.94. The Morgan fingerprint density at radius 3 is 2.55 bits per heavy atom. The molecule has 0 saturated carbocycles. The summed E-state index contributed by atoms with van der Waals surface area (Å²) in [5, 5.41) is 7.00. The molecule has 1 saturated heterocycles. The number of aromatic nitrogens is 2. The number of amides is 1. The normalized spacial score (nSPS) is 16.1. The van der Waals surface area contributed by atoms with Gasteiger partial charge >= 0.3 is 0 Å². The van der Waals surface area contributed by atoms with Gasteiger partial charge in [0.05, 0.1) is 0 Å². The number of nitrogens with one attached hydrogen (secondary N) is 1. The number of hydrogen-bond acceptors (Lipinski definition) is 5. The van der Waals surface area contributed by atoms with Crippen molar-refractivity contribution < 1.29 is 9.32 Å². The van der Waals surface area contributed by atoms with Gasteiger partial charge in [-0.15, -0.1) is 0 Å². The van der Waals surface area contributed by atoms with Gasteiger partial charge in [-0.3, -0.25) is 4.79 Å². The van der Waals surface area contributed by atoms with Crippen molar-refractivity contribution in [3.8, 4) is 11.4 Å². The molecule has 2 aromatic carbocycles. The van der Waals surface area contributed by atoms with Crippen LogP contribution in [0.15, 0.2) is 53.1 Å². The van der Waals surface area contributed by atoms with E-state index < -0.39 is 0 Å². The zero-order chi connectivity index (χ0) is 21.8. The van der Waals surface area contributed by atoms with Gasteiger partial charge in [-0.1, -0.05) is 50.2 Å². The second-order valence-electron chi connectivity index (χ2n) is 8.72. The molecule has 1 N–H and O–H groups in total. The average molecular weight is 419 g/mol. The van der Waals surface area contributed by atoms with Crippen molar-refractivity contribution in [2.45, 2.75) is 46.0 Å². The van der Waals surface area contributed by atoms with Crippen LogP contribution in [-0.4, -0.2) is 29.1 Å². The summed E-state index contributed by atoms with van der Waals surface area (Å²) in [4.78, 5) is 19.2. The van der Waals surface area contributed by atoms with Gasteiger partial charge in [-0.05, 0) is 48.1 Å². The summed E-state index contributed by atoms with van der Waals surface area (Å²) < 4.78 is 5.33. The van der Waals surface area contributed by atoms with E-state index in [9.17, 15) is 4.79 Å². The van der Waals surface area contributed by atoms with Gasteiger partial charge in [0.2, 0.25) is 17.6 Å². The van der Waals surface area contributed by atoms with Crippen LogP contribution in [0.1, 0.15) is 51.0 Å². The summed E-state index contributed by atoms with van der Waals surface area (Å²) >= 11 is 0. The Morgan fingerprint density at radius 1 is 1.16 bits per heavy atom. The standard InChI is InChI=1S/C25H30N4O2/c1-17(2)19-4-6-20(7-5-19)25-27-24(31-28-25)13-12-23(30)26-21-8-10-22(11-9-21)29-15-14-18(3)16-29/h4-11,17-18H,12-16H2,1-3H3,(H,26,30). The van der Waals surface area contributed by atoms with Gasteiger partial charge in [-0.2, -0.15) is 4.98 Å².